The van der Waals surface area contributed by atoms with Crippen molar-refractivity contribution in [1.82, 2.24) is 4.90 Å². The molecule has 1 aromatic carbocycles. The molecule has 1 aromatic rings. The first-order valence-corrected chi connectivity index (χ1v) is 8.64. The fraction of sp³-hybridized carbons (Fsp3) is 0.429. The molecule has 1 spiro atoms. The Morgan fingerprint density at radius 2 is 2.29 bits per heavy atom. The molecular formula is C21H21NO2. The number of rotatable bonds is 2. The normalized spacial score (nSPS) is 32.2. The van der Waals surface area contributed by atoms with Crippen LogP contribution in [0.15, 0.2) is 35.6 Å². The van der Waals surface area contributed by atoms with Crippen LogP contribution in [0.2, 0.25) is 0 Å². The van der Waals surface area contributed by atoms with Crippen molar-refractivity contribution in [3.8, 4) is 18.1 Å². The Kier molecular flexibility index (Phi) is 2.76. The molecular weight excluding hydrogens is 298 g/mol. The lowest BCUT2D eigenvalue weighted by Gasteiger charge is -2.53. The molecule has 0 aromatic heterocycles. The standard InChI is InChI=1S/C21H21NO2/c1-4-10-22-11-9-21-15-7-8-17(23-3)20(21)24-19-13(2)5-6-14(18(19)21)12-16(15)22/h1,5-8,16,20H,9-12H2,2-3H3/t16-,20+,21+/m1/s1. The number of aryl methyl sites for hydroxylation is 1. The fourth-order valence-electron chi connectivity index (χ4n) is 5.30. The summed E-state index contributed by atoms with van der Waals surface area (Å²) < 4.78 is 12.2. The number of ether oxygens (including phenoxy) is 2. The molecule has 4 aliphatic rings. The van der Waals surface area contributed by atoms with Crippen LogP contribution in [0.5, 0.6) is 5.75 Å². The molecule has 2 heterocycles. The second kappa shape index (κ2) is 4.68. The van der Waals surface area contributed by atoms with Gasteiger partial charge in [-0.15, -0.1) is 6.42 Å². The maximum Gasteiger partial charge on any atom is 0.169 e. The molecule has 122 valence electrons. The van der Waals surface area contributed by atoms with E-state index in [0.717, 1.165) is 30.9 Å². The average Bonchev–Trinajstić information content (AvgIpc) is 2.94. The quantitative estimate of drug-likeness (QED) is 0.783. The number of hydrogen-bond donors (Lipinski definition) is 0. The van der Waals surface area contributed by atoms with Crippen LogP contribution in [0.3, 0.4) is 0 Å². The second-order valence-electron chi connectivity index (χ2n) is 7.25. The molecule has 1 fully saturated rings. The Hall–Kier alpha value is -2.18. The second-order valence-corrected chi connectivity index (χ2v) is 7.25. The van der Waals surface area contributed by atoms with E-state index in [9.17, 15) is 0 Å². The smallest absolute Gasteiger partial charge is 0.169 e. The summed E-state index contributed by atoms with van der Waals surface area (Å²) in [5, 5.41) is 0. The molecule has 0 amide bonds. The molecule has 5 rings (SSSR count). The van der Waals surface area contributed by atoms with Crippen molar-refractivity contribution >= 4 is 0 Å². The van der Waals surface area contributed by atoms with E-state index >= 15 is 0 Å². The molecule has 0 radical (unpaired) electrons. The van der Waals surface area contributed by atoms with Gasteiger partial charge in [0.15, 0.2) is 6.10 Å². The predicted molar refractivity (Wildman–Crippen MR) is 93.0 cm³/mol. The Balaban J connectivity index is 1.79. The summed E-state index contributed by atoms with van der Waals surface area (Å²) in [6.07, 6.45) is 12.0. The van der Waals surface area contributed by atoms with E-state index in [4.69, 9.17) is 15.9 Å². The van der Waals surface area contributed by atoms with E-state index in [1.807, 2.05) is 0 Å². The van der Waals surface area contributed by atoms with Gasteiger partial charge in [0, 0.05) is 18.2 Å². The lowest BCUT2D eigenvalue weighted by atomic mass is 9.57. The molecule has 0 N–H and O–H groups in total. The maximum absolute atomic E-state index is 6.52. The van der Waals surface area contributed by atoms with Gasteiger partial charge in [-0.05, 0) is 42.5 Å². The molecule has 3 atom stereocenters. The minimum Gasteiger partial charge on any atom is -0.497 e. The zero-order valence-electron chi connectivity index (χ0n) is 14.1. The third kappa shape index (κ3) is 1.48. The molecule has 3 nitrogen and oxygen atoms in total. The molecule has 24 heavy (non-hydrogen) atoms. The molecule has 0 saturated carbocycles. The zero-order chi connectivity index (χ0) is 16.5. The topological polar surface area (TPSA) is 21.7 Å². The van der Waals surface area contributed by atoms with Crippen LogP contribution in [0.4, 0.5) is 0 Å². The molecule has 2 aliphatic heterocycles. The van der Waals surface area contributed by atoms with Crippen molar-refractivity contribution < 1.29 is 9.47 Å². The monoisotopic (exact) mass is 319 g/mol. The van der Waals surface area contributed by atoms with Crippen LogP contribution < -0.4 is 4.74 Å². The first-order valence-electron chi connectivity index (χ1n) is 8.64. The summed E-state index contributed by atoms with van der Waals surface area (Å²) in [6, 6.07) is 4.85. The fourth-order valence-corrected chi connectivity index (χ4v) is 5.30. The number of allylic oxidation sites excluding steroid dienone is 2. The first kappa shape index (κ1) is 14.2. The summed E-state index contributed by atoms with van der Waals surface area (Å²) >= 11 is 0. The molecule has 0 unspecified atom stereocenters. The highest BCUT2D eigenvalue weighted by molar-refractivity contribution is 5.65. The Morgan fingerprint density at radius 1 is 1.42 bits per heavy atom. The minimum atomic E-state index is -0.0647. The minimum absolute atomic E-state index is 0.0341. The van der Waals surface area contributed by atoms with Crippen LogP contribution in [0, 0.1) is 19.3 Å². The molecule has 3 heteroatoms. The van der Waals surface area contributed by atoms with Gasteiger partial charge < -0.3 is 9.47 Å². The largest absolute Gasteiger partial charge is 0.497 e. The van der Waals surface area contributed by atoms with Gasteiger partial charge in [-0.25, -0.2) is 0 Å². The number of likely N-dealkylation sites (tertiary alicyclic amines) is 1. The van der Waals surface area contributed by atoms with Gasteiger partial charge in [-0.1, -0.05) is 24.1 Å². The SMILES string of the molecule is C#CCN1CC[C@@]23C4=CC=C(OC)[C@@H]2Oc2c(C)ccc(c23)C[C@H]41. The lowest BCUT2D eigenvalue weighted by molar-refractivity contribution is 0.0698. The van der Waals surface area contributed by atoms with Gasteiger partial charge in [-0.2, -0.15) is 0 Å². The van der Waals surface area contributed by atoms with Gasteiger partial charge in [0.1, 0.15) is 11.5 Å². The predicted octanol–water partition coefficient (Wildman–Crippen LogP) is 2.73. The van der Waals surface area contributed by atoms with Crippen molar-refractivity contribution in [2.24, 2.45) is 0 Å². The number of benzene rings is 1. The summed E-state index contributed by atoms with van der Waals surface area (Å²) in [7, 11) is 1.75. The van der Waals surface area contributed by atoms with Gasteiger partial charge in [-0.3, -0.25) is 4.90 Å². The lowest BCUT2D eigenvalue weighted by Crippen LogP contribution is -2.59. The number of nitrogens with zero attached hydrogens (tertiary/aromatic N) is 1. The third-order valence-corrected chi connectivity index (χ3v) is 6.31. The highest BCUT2D eigenvalue weighted by Gasteiger charge is 2.61. The molecule has 2 bridgehead atoms. The summed E-state index contributed by atoms with van der Waals surface area (Å²) in [5.74, 6) is 4.86. The van der Waals surface area contributed by atoms with Crippen LogP contribution in [-0.4, -0.2) is 37.2 Å². The highest BCUT2D eigenvalue weighted by atomic mass is 16.5. The van der Waals surface area contributed by atoms with Crippen molar-refractivity contribution in [2.75, 3.05) is 20.2 Å². The third-order valence-electron chi connectivity index (χ3n) is 6.31. The first-order chi connectivity index (χ1) is 11.7. The van der Waals surface area contributed by atoms with E-state index in [2.05, 4.69) is 42.0 Å². The zero-order valence-corrected chi connectivity index (χ0v) is 14.1. The molecule has 1 saturated heterocycles. The van der Waals surface area contributed by atoms with Crippen molar-refractivity contribution in [3.05, 3.63) is 52.3 Å². The van der Waals surface area contributed by atoms with E-state index in [-0.39, 0.29) is 11.5 Å². The van der Waals surface area contributed by atoms with E-state index < -0.39 is 0 Å². The van der Waals surface area contributed by atoms with E-state index in [0.29, 0.717) is 12.6 Å². The van der Waals surface area contributed by atoms with E-state index in [1.54, 1.807) is 7.11 Å². The average molecular weight is 319 g/mol. The van der Waals surface area contributed by atoms with Crippen LogP contribution >= 0.6 is 0 Å². The summed E-state index contributed by atoms with van der Waals surface area (Å²) in [4.78, 5) is 2.45. The number of hydrogen-bond acceptors (Lipinski definition) is 3. The Morgan fingerprint density at radius 3 is 3.08 bits per heavy atom. The summed E-state index contributed by atoms with van der Waals surface area (Å²) in [6.45, 7) is 3.86. The van der Waals surface area contributed by atoms with Crippen LogP contribution in [-0.2, 0) is 16.6 Å². The number of piperidine rings is 1. The van der Waals surface area contributed by atoms with Crippen molar-refractivity contribution in [3.63, 3.8) is 0 Å². The van der Waals surface area contributed by atoms with Crippen molar-refractivity contribution in [1.29, 1.82) is 0 Å². The van der Waals surface area contributed by atoms with E-state index in [1.165, 1.54) is 22.3 Å². The Bertz CT molecular complexity index is 844. The van der Waals surface area contributed by atoms with Gasteiger partial charge in [0.2, 0.25) is 0 Å². The number of terminal acetylenes is 1. The Labute approximate surface area is 142 Å². The van der Waals surface area contributed by atoms with Crippen LogP contribution in [0.25, 0.3) is 0 Å². The maximum atomic E-state index is 6.52. The van der Waals surface area contributed by atoms with Gasteiger partial charge in [0.05, 0.1) is 19.1 Å². The van der Waals surface area contributed by atoms with Gasteiger partial charge >= 0.3 is 0 Å². The number of methoxy groups -OCH3 is 1. The highest BCUT2D eigenvalue weighted by Crippen LogP contribution is 2.61. The van der Waals surface area contributed by atoms with Crippen molar-refractivity contribution in [2.45, 2.75) is 37.3 Å². The summed E-state index contributed by atoms with van der Waals surface area (Å²) in [5.41, 5.74) is 5.45. The molecule has 2 aliphatic carbocycles. The van der Waals surface area contributed by atoms with Crippen LogP contribution in [0.1, 0.15) is 23.1 Å². The van der Waals surface area contributed by atoms with Gasteiger partial charge in [0.25, 0.3) is 0 Å².